The Kier molecular flexibility index (Phi) is 3.90. The van der Waals surface area contributed by atoms with Gasteiger partial charge >= 0.3 is 0 Å². The van der Waals surface area contributed by atoms with Crippen LogP contribution in [0.15, 0.2) is 30.7 Å². The molecule has 1 aromatic heterocycles. The van der Waals surface area contributed by atoms with Gasteiger partial charge in [-0.25, -0.2) is 9.97 Å². The molecule has 0 spiro atoms. The Morgan fingerprint density at radius 3 is 2.74 bits per heavy atom. The number of ketones is 1. The summed E-state index contributed by atoms with van der Waals surface area (Å²) in [6.45, 7) is 3.90. The predicted molar refractivity (Wildman–Crippen MR) is 72.5 cm³/mol. The van der Waals surface area contributed by atoms with Crippen LogP contribution >= 0.6 is 0 Å². The molecule has 0 aliphatic carbocycles. The molecule has 4 nitrogen and oxygen atoms in total. The highest BCUT2D eigenvalue weighted by molar-refractivity contribution is 6.00. The van der Waals surface area contributed by atoms with Gasteiger partial charge in [0.15, 0.2) is 5.78 Å². The first kappa shape index (κ1) is 13.2. The van der Waals surface area contributed by atoms with Crippen molar-refractivity contribution in [3.8, 4) is 5.75 Å². The van der Waals surface area contributed by atoms with Crippen LogP contribution in [0.25, 0.3) is 0 Å². The molecule has 0 bridgehead atoms. The van der Waals surface area contributed by atoms with Crippen LogP contribution in [-0.2, 0) is 6.42 Å². The summed E-state index contributed by atoms with van der Waals surface area (Å²) < 4.78 is 5.34. The number of hydrogen-bond donors (Lipinski definition) is 0. The molecular weight excluding hydrogens is 240 g/mol. The molecule has 2 rings (SSSR count). The fraction of sp³-hybridized carbons (Fsp3) is 0.267. The minimum atomic E-state index is 0.00218. The van der Waals surface area contributed by atoms with E-state index in [0.29, 0.717) is 17.0 Å². The Morgan fingerprint density at radius 2 is 2.11 bits per heavy atom. The normalized spacial score (nSPS) is 10.3. The lowest BCUT2D eigenvalue weighted by molar-refractivity contribution is 0.0988. The maximum Gasteiger partial charge on any atom is 0.172 e. The molecule has 0 unspecified atom stereocenters. The van der Waals surface area contributed by atoms with Crippen LogP contribution in [0, 0.1) is 13.8 Å². The van der Waals surface area contributed by atoms with E-state index in [1.54, 1.807) is 19.4 Å². The molecule has 19 heavy (non-hydrogen) atoms. The van der Waals surface area contributed by atoms with Gasteiger partial charge < -0.3 is 4.74 Å². The molecule has 0 saturated heterocycles. The monoisotopic (exact) mass is 256 g/mol. The summed E-state index contributed by atoms with van der Waals surface area (Å²) in [6, 6.07) is 5.60. The van der Waals surface area contributed by atoms with Crippen LogP contribution in [0.2, 0.25) is 0 Å². The van der Waals surface area contributed by atoms with E-state index in [9.17, 15) is 4.79 Å². The zero-order valence-electron chi connectivity index (χ0n) is 11.3. The van der Waals surface area contributed by atoms with E-state index in [-0.39, 0.29) is 12.2 Å². The van der Waals surface area contributed by atoms with Crippen molar-refractivity contribution in [2.75, 3.05) is 7.11 Å². The molecule has 0 N–H and O–H groups in total. The standard InChI is InChI=1S/C15H16N2O2/c1-10-6-11(2)15(19-3)13(7-10)14(18)8-12-4-5-16-9-17-12/h4-7,9H,8H2,1-3H3. The molecule has 0 fully saturated rings. The van der Waals surface area contributed by atoms with Crippen molar-refractivity contribution >= 4 is 5.78 Å². The topological polar surface area (TPSA) is 52.1 Å². The highest BCUT2D eigenvalue weighted by Crippen LogP contribution is 2.26. The fourth-order valence-corrected chi connectivity index (χ4v) is 2.11. The lowest BCUT2D eigenvalue weighted by atomic mass is 10.00. The summed E-state index contributed by atoms with van der Waals surface area (Å²) in [5, 5.41) is 0. The zero-order chi connectivity index (χ0) is 13.8. The van der Waals surface area contributed by atoms with Crippen molar-refractivity contribution in [1.29, 1.82) is 0 Å². The van der Waals surface area contributed by atoms with Crippen LogP contribution in [-0.4, -0.2) is 22.9 Å². The SMILES string of the molecule is COc1c(C)cc(C)cc1C(=O)Cc1ccncn1. The number of carbonyl (C=O) groups is 1. The van der Waals surface area contributed by atoms with Crippen molar-refractivity contribution in [3.63, 3.8) is 0 Å². The van der Waals surface area contributed by atoms with E-state index >= 15 is 0 Å². The third kappa shape index (κ3) is 2.96. The lowest BCUT2D eigenvalue weighted by Crippen LogP contribution is -2.08. The molecule has 4 heteroatoms. The van der Waals surface area contributed by atoms with Gasteiger partial charge in [-0.3, -0.25) is 4.79 Å². The van der Waals surface area contributed by atoms with E-state index in [4.69, 9.17) is 4.74 Å². The first-order valence-electron chi connectivity index (χ1n) is 6.05. The van der Waals surface area contributed by atoms with Gasteiger partial charge in [-0.05, 0) is 37.1 Å². The number of Topliss-reactive ketones (excluding diaryl/α,β-unsaturated/α-hetero) is 1. The zero-order valence-corrected chi connectivity index (χ0v) is 11.3. The number of ether oxygens (including phenoxy) is 1. The lowest BCUT2D eigenvalue weighted by Gasteiger charge is -2.11. The van der Waals surface area contributed by atoms with Gasteiger partial charge in [0.2, 0.25) is 0 Å². The highest BCUT2D eigenvalue weighted by atomic mass is 16.5. The molecule has 1 heterocycles. The van der Waals surface area contributed by atoms with Gasteiger partial charge in [0.05, 0.1) is 24.8 Å². The van der Waals surface area contributed by atoms with Crippen LogP contribution in [0.1, 0.15) is 27.2 Å². The number of aryl methyl sites for hydroxylation is 2. The molecule has 0 aliphatic heterocycles. The smallest absolute Gasteiger partial charge is 0.172 e. The molecule has 0 radical (unpaired) electrons. The number of methoxy groups -OCH3 is 1. The van der Waals surface area contributed by atoms with Gasteiger partial charge in [-0.1, -0.05) is 6.07 Å². The summed E-state index contributed by atoms with van der Waals surface area (Å²) in [6.07, 6.45) is 3.33. The van der Waals surface area contributed by atoms with Crippen molar-refractivity contribution in [2.45, 2.75) is 20.3 Å². The van der Waals surface area contributed by atoms with Gasteiger partial charge in [0.1, 0.15) is 12.1 Å². The molecular formula is C15H16N2O2. The summed E-state index contributed by atoms with van der Waals surface area (Å²) in [4.78, 5) is 20.3. The summed E-state index contributed by atoms with van der Waals surface area (Å²) in [7, 11) is 1.58. The Hall–Kier alpha value is -2.23. The number of hydrogen-bond acceptors (Lipinski definition) is 4. The second-order valence-corrected chi connectivity index (χ2v) is 4.46. The average molecular weight is 256 g/mol. The third-order valence-corrected chi connectivity index (χ3v) is 2.91. The summed E-state index contributed by atoms with van der Waals surface area (Å²) in [5.41, 5.74) is 3.33. The van der Waals surface area contributed by atoms with Gasteiger partial charge in [-0.2, -0.15) is 0 Å². The molecule has 0 amide bonds. The van der Waals surface area contributed by atoms with Crippen molar-refractivity contribution in [2.24, 2.45) is 0 Å². The van der Waals surface area contributed by atoms with Crippen LogP contribution < -0.4 is 4.74 Å². The molecule has 98 valence electrons. The van der Waals surface area contributed by atoms with Gasteiger partial charge in [-0.15, -0.1) is 0 Å². The third-order valence-electron chi connectivity index (χ3n) is 2.91. The van der Waals surface area contributed by atoms with E-state index < -0.39 is 0 Å². The Labute approximate surface area is 112 Å². The minimum absolute atomic E-state index is 0.00218. The Morgan fingerprint density at radius 1 is 1.32 bits per heavy atom. The first-order chi connectivity index (χ1) is 9.11. The van der Waals surface area contributed by atoms with Crippen molar-refractivity contribution in [3.05, 3.63) is 53.1 Å². The van der Waals surface area contributed by atoms with E-state index in [0.717, 1.165) is 11.1 Å². The Bertz CT molecular complexity index is 595. The second-order valence-electron chi connectivity index (χ2n) is 4.46. The number of carbonyl (C=O) groups excluding carboxylic acids is 1. The summed E-state index contributed by atoms with van der Waals surface area (Å²) in [5.74, 6) is 0.645. The minimum Gasteiger partial charge on any atom is -0.496 e. The largest absolute Gasteiger partial charge is 0.496 e. The average Bonchev–Trinajstić information content (AvgIpc) is 2.39. The maximum atomic E-state index is 12.4. The van der Waals surface area contributed by atoms with E-state index in [1.807, 2.05) is 26.0 Å². The predicted octanol–water partition coefficient (Wildman–Crippen LogP) is 2.53. The van der Waals surface area contributed by atoms with Crippen molar-refractivity contribution in [1.82, 2.24) is 9.97 Å². The first-order valence-corrected chi connectivity index (χ1v) is 6.05. The molecule has 0 saturated carbocycles. The number of benzene rings is 1. The molecule has 0 aliphatic rings. The molecule has 1 aromatic carbocycles. The second kappa shape index (κ2) is 5.61. The van der Waals surface area contributed by atoms with Crippen LogP contribution in [0.4, 0.5) is 0 Å². The highest BCUT2D eigenvalue weighted by Gasteiger charge is 2.16. The quantitative estimate of drug-likeness (QED) is 0.789. The number of rotatable bonds is 4. The summed E-state index contributed by atoms with van der Waals surface area (Å²) >= 11 is 0. The van der Waals surface area contributed by atoms with E-state index in [1.165, 1.54) is 6.33 Å². The van der Waals surface area contributed by atoms with Crippen LogP contribution in [0.3, 0.4) is 0 Å². The maximum absolute atomic E-state index is 12.4. The number of nitrogens with zero attached hydrogens (tertiary/aromatic N) is 2. The van der Waals surface area contributed by atoms with E-state index in [2.05, 4.69) is 9.97 Å². The fourth-order valence-electron chi connectivity index (χ4n) is 2.11. The van der Waals surface area contributed by atoms with Crippen molar-refractivity contribution < 1.29 is 9.53 Å². The van der Waals surface area contributed by atoms with Gasteiger partial charge in [0.25, 0.3) is 0 Å². The van der Waals surface area contributed by atoms with Gasteiger partial charge in [0, 0.05) is 6.20 Å². The van der Waals surface area contributed by atoms with Crippen LogP contribution in [0.5, 0.6) is 5.75 Å². The number of aromatic nitrogens is 2. The molecule has 2 aromatic rings. The Balaban J connectivity index is 2.33. The molecule has 0 atom stereocenters.